The van der Waals surface area contributed by atoms with E-state index >= 15 is 0 Å². The average Bonchev–Trinajstić information content (AvgIpc) is 3.78. The summed E-state index contributed by atoms with van der Waals surface area (Å²) in [5.74, 6) is 0.392. The average molecular weight is 642 g/mol. The number of rotatable bonds is 8. The Hall–Kier alpha value is -4.92. The summed E-state index contributed by atoms with van der Waals surface area (Å²) in [6, 6.07) is 18.2. The van der Waals surface area contributed by atoms with Gasteiger partial charge in [0.1, 0.15) is 18.0 Å². The number of para-hydroxylation sites is 1. The monoisotopic (exact) mass is 641 g/mol. The molecule has 0 radical (unpaired) electrons. The van der Waals surface area contributed by atoms with Crippen LogP contribution in [0.2, 0.25) is 0 Å². The van der Waals surface area contributed by atoms with E-state index in [0.29, 0.717) is 31.2 Å². The Bertz CT molecular complexity index is 1810. The number of piperazine rings is 1. The number of hydrazine groups is 2. The summed E-state index contributed by atoms with van der Waals surface area (Å²) in [5, 5.41) is 6.60. The minimum Gasteiger partial charge on any atom is -0.497 e. The van der Waals surface area contributed by atoms with Crippen LogP contribution in [-0.4, -0.2) is 82.1 Å². The zero-order valence-electron chi connectivity index (χ0n) is 25.5. The zero-order chi connectivity index (χ0) is 31.9. The molecule has 3 aliphatic rings. The van der Waals surface area contributed by atoms with Crippen molar-refractivity contribution >= 4 is 50.2 Å². The van der Waals surface area contributed by atoms with Crippen molar-refractivity contribution in [2.24, 2.45) is 0 Å². The van der Waals surface area contributed by atoms with Gasteiger partial charge in [-0.05, 0) is 46.5 Å². The molecule has 0 saturated carbocycles. The lowest BCUT2D eigenvalue weighted by atomic mass is 9.98. The fourth-order valence-corrected chi connectivity index (χ4v) is 7.24. The van der Waals surface area contributed by atoms with E-state index < -0.39 is 12.2 Å². The third kappa shape index (κ3) is 5.55. The second kappa shape index (κ2) is 12.1. The number of carbonyl (C=O) groups excluding carboxylic acids is 3. The van der Waals surface area contributed by atoms with Crippen molar-refractivity contribution in [3.63, 3.8) is 0 Å². The predicted molar refractivity (Wildman–Crippen MR) is 174 cm³/mol. The van der Waals surface area contributed by atoms with Crippen LogP contribution in [0.4, 0.5) is 15.6 Å². The van der Waals surface area contributed by atoms with Gasteiger partial charge in [-0.3, -0.25) is 14.6 Å². The largest absolute Gasteiger partial charge is 0.497 e. The summed E-state index contributed by atoms with van der Waals surface area (Å²) in [5.41, 5.74) is 17.9. The van der Waals surface area contributed by atoms with E-state index in [2.05, 4.69) is 27.2 Å². The highest BCUT2D eigenvalue weighted by molar-refractivity contribution is 7.22. The first kappa shape index (κ1) is 29.8. The Morgan fingerprint density at radius 3 is 2.76 bits per heavy atom. The van der Waals surface area contributed by atoms with E-state index in [4.69, 9.17) is 10.5 Å². The molecule has 4 amide bonds. The number of ether oxygens (including phenoxy) is 1. The first-order chi connectivity index (χ1) is 22.3. The van der Waals surface area contributed by atoms with Crippen molar-refractivity contribution in [2.45, 2.75) is 38.3 Å². The zero-order valence-corrected chi connectivity index (χ0v) is 26.3. The van der Waals surface area contributed by atoms with E-state index in [0.717, 1.165) is 43.9 Å². The maximum atomic E-state index is 14.3. The summed E-state index contributed by atoms with van der Waals surface area (Å²) in [6.45, 7) is 1.48. The van der Waals surface area contributed by atoms with E-state index in [9.17, 15) is 14.4 Å². The fraction of sp³-hybridized carbons (Fsp3) is 0.312. The van der Waals surface area contributed by atoms with Gasteiger partial charge in [0, 0.05) is 33.1 Å². The number of fused-ring (bicyclic) bond motifs is 3. The number of nitrogens with one attached hydrogen (secondary N) is 3. The number of aromatic nitrogens is 1. The van der Waals surface area contributed by atoms with Crippen LogP contribution in [0.3, 0.4) is 0 Å². The van der Waals surface area contributed by atoms with E-state index in [1.54, 1.807) is 29.0 Å². The topological polar surface area (TPSA) is 148 Å². The Morgan fingerprint density at radius 1 is 1.15 bits per heavy atom. The highest BCUT2D eigenvalue weighted by atomic mass is 32.1. The lowest BCUT2D eigenvalue weighted by Crippen LogP contribution is -2.65. The smallest absolute Gasteiger partial charge is 0.332 e. The molecule has 0 bridgehead atoms. The molecular formula is C32H35N9O4S. The number of nitrogens with zero attached hydrogens (tertiary/aromatic N) is 5. The van der Waals surface area contributed by atoms with Crippen molar-refractivity contribution in [2.75, 3.05) is 38.4 Å². The molecule has 3 aromatic carbocycles. The van der Waals surface area contributed by atoms with Crippen LogP contribution in [0.15, 0.2) is 60.7 Å². The summed E-state index contributed by atoms with van der Waals surface area (Å²) in [7, 11) is 3.25. The summed E-state index contributed by atoms with van der Waals surface area (Å²) in [6.07, 6.45) is -0.190. The van der Waals surface area contributed by atoms with Crippen LogP contribution in [0, 0.1) is 0 Å². The number of urea groups is 1. The Labute approximate surface area is 269 Å². The van der Waals surface area contributed by atoms with Crippen LogP contribution in [0.5, 0.6) is 5.75 Å². The summed E-state index contributed by atoms with van der Waals surface area (Å²) >= 11 is 1.40. The number of nitrogen functional groups attached to an aromatic ring is 1. The normalized spacial score (nSPS) is 19.3. The van der Waals surface area contributed by atoms with Gasteiger partial charge in [0.25, 0.3) is 0 Å². The number of amides is 4. The number of hydrogen-bond donors (Lipinski definition) is 4. The van der Waals surface area contributed by atoms with Gasteiger partial charge in [0.2, 0.25) is 11.8 Å². The number of nitrogens with two attached hydrogens (primary N) is 1. The number of hydrogen-bond acceptors (Lipinski definition) is 10. The molecule has 7 rings (SSSR count). The highest BCUT2D eigenvalue weighted by Crippen LogP contribution is 2.33. The molecule has 5 N–H and O–H groups in total. The molecule has 1 aromatic heterocycles. The molecule has 0 aliphatic carbocycles. The second-order valence-electron chi connectivity index (χ2n) is 11.6. The lowest BCUT2D eigenvalue weighted by molar-refractivity contribution is -0.157. The van der Waals surface area contributed by atoms with Gasteiger partial charge >= 0.3 is 6.03 Å². The van der Waals surface area contributed by atoms with Gasteiger partial charge < -0.3 is 31.0 Å². The van der Waals surface area contributed by atoms with Crippen molar-refractivity contribution in [3.8, 4) is 5.75 Å². The molecular weight excluding hydrogens is 606 g/mol. The second-order valence-corrected chi connectivity index (χ2v) is 12.7. The maximum absolute atomic E-state index is 14.3. The van der Waals surface area contributed by atoms with Crippen molar-refractivity contribution in [3.05, 3.63) is 82.9 Å². The molecule has 0 unspecified atom stereocenters. The van der Waals surface area contributed by atoms with Crippen LogP contribution in [0.1, 0.15) is 22.3 Å². The molecule has 2 saturated heterocycles. The molecule has 4 aromatic rings. The first-order valence-electron chi connectivity index (χ1n) is 15.0. The van der Waals surface area contributed by atoms with Crippen LogP contribution >= 0.6 is 11.3 Å². The molecule has 46 heavy (non-hydrogen) atoms. The van der Waals surface area contributed by atoms with Gasteiger partial charge in [0.05, 0.1) is 36.1 Å². The van der Waals surface area contributed by atoms with Crippen LogP contribution in [0.25, 0.3) is 10.2 Å². The molecule has 2 atom stereocenters. The quantitative estimate of drug-likeness (QED) is 0.228. The fourth-order valence-electron chi connectivity index (χ4n) is 6.46. The van der Waals surface area contributed by atoms with Crippen molar-refractivity contribution in [1.29, 1.82) is 0 Å². The molecule has 238 valence electrons. The van der Waals surface area contributed by atoms with Crippen LogP contribution < -0.4 is 26.6 Å². The highest BCUT2D eigenvalue weighted by Gasteiger charge is 2.51. The molecule has 0 spiro atoms. The van der Waals surface area contributed by atoms with Gasteiger partial charge in [-0.15, -0.1) is 0 Å². The minimum atomic E-state index is -0.743. The number of benzene rings is 3. The van der Waals surface area contributed by atoms with E-state index in [1.165, 1.54) is 16.3 Å². The molecule has 3 aliphatic heterocycles. The Kier molecular flexibility index (Phi) is 7.84. The summed E-state index contributed by atoms with van der Waals surface area (Å²) in [4.78, 5) is 49.3. The predicted octanol–water partition coefficient (Wildman–Crippen LogP) is 2.50. The Balaban J connectivity index is 1.16. The van der Waals surface area contributed by atoms with Gasteiger partial charge in [-0.2, -0.15) is 5.01 Å². The van der Waals surface area contributed by atoms with Gasteiger partial charge in [-0.1, -0.05) is 47.7 Å². The van der Waals surface area contributed by atoms with Gasteiger partial charge in [-0.25, -0.2) is 15.2 Å². The number of anilines is 2. The molecule has 14 heteroatoms. The van der Waals surface area contributed by atoms with E-state index in [1.807, 2.05) is 54.6 Å². The Morgan fingerprint density at radius 2 is 1.96 bits per heavy atom. The third-order valence-corrected chi connectivity index (χ3v) is 9.68. The van der Waals surface area contributed by atoms with Crippen molar-refractivity contribution < 1.29 is 19.1 Å². The molecule has 13 nitrogen and oxygen atoms in total. The lowest BCUT2D eigenvalue weighted by Gasteiger charge is -2.45. The van der Waals surface area contributed by atoms with Crippen molar-refractivity contribution in [1.82, 2.24) is 35.5 Å². The SMILES string of the molecule is COc1ccc(CNC(=O)N(C)N2CC(=O)N3[C@@H](Cc4ccc5c(c4)CNN5)C(=O)N(Cc4cccc5sc(N)nc45)C[C@@H]32)cc1. The standard InChI is InChI=1S/C32H35N9O4S/c1-38(32(44)34-14-19-6-9-23(45-2)10-7-19)40-18-28(42)41-25(13-20-8-11-24-22(12-20)15-35-37-24)30(43)39(17-27(40)41)16-21-4-3-5-26-29(21)36-31(33)46-26/h3-12,25,27,35,37H,13-18H2,1-2H3,(H2,33,36)(H,34,44)/t25-,27+/m0/s1. The maximum Gasteiger partial charge on any atom is 0.332 e. The van der Waals surface area contributed by atoms with Gasteiger partial charge in [0.15, 0.2) is 5.13 Å². The first-order valence-corrected chi connectivity index (χ1v) is 15.9. The minimum absolute atomic E-state index is 0.0228. The number of methoxy groups -OCH3 is 1. The number of carbonyl (C=O) groups is 3. The molecule has 2 fully saturated rings. The molecule has 4 heterocycles. The summed E-state index contributed by atoms with van der Waals surface area (Å²) < 4.78 is 6.17. The number of thiazole rings is 1. The van der Waals surface area contributed by atoms with Crippen LogP contribution in [-0.2, 0) is 35.6 Å². The van der Waals surface area contributed by atoms with E-state index in [-0.39, 0.29) is 30.9 Å². The third-order valence-electron chi connectivity index (χ3n) is 8.83.